The Balaban J connectivity index is 1.86. The topological polar surface area (TPSA) is 156 Å². The number of hydrogen-bond donors (Lipinski definition) is 5. The van der Waals surface area contributed by atoms with Gasteiger partial charge in [0, 0.05) is 17.4 Å². The number of aliphatic hydroxyl groups is 4. The van der Waals surface area contributed by atoms with Crippen LogP contribution in [0.3, 0.4) is 0 Å². The molecule has 5 rings (SSSR count). The van der Waals surface area contributed by atoms with Crippen LogP contribution in [0.2, 0.25) is 0 Å². The average Bonchev–Trinajstić information content (AvgIpc) is 2.84. The van der Waals surface area contributed by atoms with E-state index < -0.39 is 81.3 Å². The zero-order valence-electron chi connectivity index (χ0n) is 20.7. The number of aliphatic hydroxyl groups excluding tert-OH is 3. The normalized spacial score (nSPS) is 30.8. The van der Waals surface area contributed by atoms with E-state index in [-0.39, 0.29) is 11.3 Å². The zero-order chi connectivity index (χ0) is 27.8. The van der Waals surface area contributed by atoms with Crippen LogP contribution in [0, 0.1) is 17.7 Å². The van der Waals surface area contributed by atoms with Crippen molar-refractivity contribution in [3.63, 3.8) is 0 Å². The maximum absolute atomic E-state index is 14.1. The summed E-state index contributed by atoms with van der Waals surface area (Å²) in [6.07, 6.45) is -1.73. The summed E-state index contributed by atoms with van der Waals surface area (Å²) in [5, 5.41) is 56.7. The SMILES string of the molecule is CC(=O)C1=C(O)[C@@]2(O)C(=O)C3=C(O)c4c(O)cccc4[C@H](c4ccc(F)cc4)[C@H]3[C@H](O)[C@H]2[C@H](N(C)C)C1=O. The molecule has 0 heterocycles. The summed E-state index contributed by atoms with van der Waals surface area (Å²) >= 11 is 0. The van der Waals surface area contributed by atoms with Gasteiger partial charge in [0.05, 0.1) is 23.6 Å². The molecule has 198 valence electrons. The predicted molar refractivity (Wildman–Crippen MR) is 132 cm³/mol. The average molecular weight is 524 g/mol. The van der Waals surface area contributed by atoms with Crippen LogP contribution >= 0.6 is 0 Å². The lowest BCUT2D eigenvalue weighted by Gasteiger charge is -2.54. The van der Waals surface area contributed by atoms with Gasteiger partial charge in [-0.1, -0.05) is 24.3 Å². The first-order valence-corrected chi connectivity index (χ1v) is 11.9. The number of nitrogens with zero attached hydrogens (tertiary/aromatic N) is 1. The van der Waals surface area contributed by atoms with Crippen molar-refractivity contribution in [2.45, 2.75) is 30.6 Å². The van der Waals surface area contributed by atoms with Gasteiger partial charge in [-0.25, -0.2) is 4.39 Å². The molecule has 9 nitrogen and oxygen atoms in total. The first-order valence-electron chi connectivity index (χ1n) is 11.9. The van der Waals surface area contributed by atoms with E-state index >= 15 is 0 Å². The molecule has 0 spiro atoms. The Kier molecular flexibility index (Phi) is 5.82. The summed E-state index contributed by atoms with van der Waals surface area (Å²) < 4.78 is 13.8. The third-order valence-electron chi connectivity index (χ3n) is 7.99. The number of Topliss-reactive ketones (excluding diaryl/α,β-unsaturated/α-hetero) is 3. The molecule has 10 heteroatoms. The standard InChI is InChI=1S/C28H26FNO8/c1-11(31)16-25(35)22(30(2)3)21-24(34)19-17(12-7-9-13(29)10-8-12)14-5-4-6-15(32)18(14)23(33)20(19)27(37)28(21,38)26(16)36/h4-10,17,19,21-22,24,32-34,36,38H,1-3H3/t17-,19+,21+,22-,24-,28+/m0/s1. The van der Waals surface area contributed by atoms with Crippen LogP contribution < -0.4 is 0 Å². The second-order valence-electron chi connectivity index (χ2n) is 10.2. The van der Waals surface area contributed by atoms with Gasteiger partial charge in [-0.05, 0) is 50.3 Å². The molecular weight excluding hydrogens is 497 g/mol. The molecule has 2 aromatic rings. The smallest absolute Gasteiger partial charge is 0.202 e. The fourth-order valence-corrected chi connectivity index (χ4v) is 6.43. The molecular formula is C28H26FNO8. The highest BCUT2D eigenvalue weighted by Crippen LogP contribution is 2.57. The van der Waals surface area contributed by atoms with E-state index in [2.05, 4.69) is 0 Å². The molecule has 1 fully saturated rings. The molecule has 2 aromatic carbocycles. The zero-order valence-corrected chi connectivity index (χ0v) is 20.7. The Hall–Kier alpha value is -3.86. The van der Waals surface area contributed by atoms with Gasteiger partial charge < -0.3 is 25.5 Å². The van der Waals surface area contributed by atoms with E-state index in [9.17, 15) is 44.3 Å². The summed E-state index contributed by atoms with van der Waals surface area (Å²) in [6, 6.07) is 8.22. The van der Waals surface area contributed by atoms with Gasteiger partial charge in [-0.15, -0.1) is 0 Å². The molecule has 1 saturated carbocycles. The fourth-order valence-electron chi connectivity index (χ4n) is 6.43. The Morgan fingerprint density at radius 3 is 2.24 bits per heavy atom. The van der Waals surface area contributed by atoms with Crippen LogP contribution in [-0.4, -0.2) is 79.6 Å². The van der Waals surface area contributed by atoms with Crippen molar-refractivity contribution in [1.82, 2.24) is 4.90 Å². The van der Waals surface area contributed by atoms with E-state index in [4.69, 9.17) is 0 Å². The summed E-state index contributed by atoms with van der Waals surface area (Å²) in [7, 11) is 2.93. The van der Waals surface area contributed by atoms with Gasteiger partial charge in [0.2, 0.25) is 5.78 Å². The van der Waals surface area contributed by atoms with Gasteiger partial charge in [-0.2, -0.15) is 0 Å². The molecule has 0 unspecified atom stereocenters. The van der Waals surface area contributed by atoms with Crippen LogP contribution in [0.5, 0.6) is 5.75 Å². The highest BCUT2D eigenvalue weighted by Gasteiger charge is 2.68. The van der Waals surface area contributed by atoms with Crippen LogP contribution in [0.4, 0.5) is 4.39 Å². The lowest BCUT2D eigenvalue weighted by Crippen LogP contribution is -2.70. The number of carbonyl (C=O) groups excluding carboxylic acids is 3. The van der Waals surface area contributed by atoms with Gasteiger partial charge in [0.1, 0.15) is 28.7 Å². The number of benzene rings is 2. The van der Waals surface area contributed by atoms with E-state index in [1.807, 2.05) is 0 Å². The van der Waals surface area contributed by atoms with Crippen molar-refractivity contribution < 1.29 is 44.3 Å². The Bertz CT molecular complexity index is 1460. The van der Waals surface area contributed by atoms with E-state index in [1.165, 1.54) is 55.4 Å². The Labute approximate surface area is 216 Å². The van der Waals surface area contributed by atoms with Crippen molar-refractivity contribution in [1.29, 1.82) is 0 Å². The number of phenols is 1. The van der Waals surface area contributed by atoms with Crippen molar-refractivity contribution in [2.75, 3.05) is 14.1 Å². The predicted octanol–water partition coefficient (Wildman–Crippen LogP) is 1.77. The largest absolute Gasteiger partial charge is 0.508 e. The quantitative estimate of drug-likeness (QED) is 0.379. The van der Waals surface area contributed by atoms with Crippen LogP contribution in [-0.2, 0) is 14.4 Å². The number of carbonyl (C=O) groups is 3. The molecule has 0 amide bonds. The Morgan fingerprint density at radius 2 is 1.66 bits per heavy atom. The number of hydrogen-bond acceptors (Lipinski definition) is 9. The maximum atomic E-state index is 14.1. The molecule has 3 aliphatic carbocycles. The van der Waals surface area contributed by atoms with Gasteiger partial charge in [-0.3, -0.25) is 19.3 Å². The van der Waals surface area contributed by atoms with Crippen LogP contribution in [0.15, 0.2) is 59.4 Å². The summed E-state index contributed by atoms with van der Waals surface area (Å²) in [5.74, 6) is -9.63. The van der Waals surface area contributed by atoms with Crippen molar-refractivity contribution >= 4 is 23.1 Å². The van der Waals surface area contributed by atoms with Gasteiger partial charge >= 0.3 is 0 Å². The molecule has 0 aromatic heterocycles. The lowest BCUT2D eigenvalue weighted by molar-refractivity contribution is -0.169. The highest BCUT2D eigenvalue weighted by atomic mass is 19.1. The first kappa shape index (κ1) is 25.8. The van der Waals surface area contributed by atoms with Crippen LogP contribution in [0.25, 0.3) is 5.76 Å². The monoisotopic (exact) mass is 523 g/mol. The molecule has 38 heavy (non-hydrogen) atoms. The third-order valence-corrected chi connectivity index (χ3v) is 7.99. The molecule has 0 saturated heterocycles. The number of phenolic OH excluding ortho intramolecular Hbond substituents is 1. The number of halogens is 1. The third kappa shape index (κ3) is 3.24. The lowest BCUT2D eigenvalue weighted by atomic mass is 9.53. The summed E-state index contributed by atoms with van der Waals surface area (Å²) in [6.45, 7) is 1.00. The molecule has 0 radical (unpaired) electrons. The second-order valence-corrected chi connectivity index (χ2v) is 10.2. The van der Waals surface area contributed by atoms with E-state index in [0.29, 0.717) is 11.1 Å². The molecule has 5 N–H and O–H groups in total. The first-order chi connectivity index (χ1) is 17.8. The van der Waals surface area contributed by atoms with E-state index in [0.717, 1.165) is 6.92 Å². The maximum Gasteiger partial charge on any atom is 0.202 e. The number of ketones is 3. The van der Waals surface area contributed by atoms with Crippen LogP contribution in [0.1, 0.15) is 29.5 Å². The van der Waals surface area contributed by atoms with Gasteiger partial charge in [0.15, 0.2) is 17.2 Å². The highest BCUT2D eigenvalue weighted by molar-refractivity contribution is 6.25. The Morgan fingerprint density at radius 1 is 1.03 bits per heavy atom. The number of aromatic hydroxyl groups is 1. The summed E-state index contributed by atoms with van der Waals surface area (Å²) in [4.78, 5) is 41.2. The number of likely N-dealkylation sites (N-methyl/N-ethyl adjacent to an activating group) is 1. The van der Waals surface area contributed by atoms with Gasteiger partial charge in [0.25, 0.3) is 0 Å². The number of rotatable bonds is 3. The minimum Gasteiger partial charge on any atom is -0.508 e. The fraction of sp³-hybridized carbons (Fsp3) is 0.321. The summed E-state index contributed by atoms with van der Waals surface area (Å²) in [5.41, 5.74) is -3.55. The molecule has 0 bridgehead atoms. The minimum atomic E-state index is -2.93. The van der Waals surface area contributed by atoms with Crippen molar-refractivity contribution in [3.05, 3.63) is 81.9 Å². The second kappa shape index (κ2) is 8.59. The molecule has 3 aliphatic rings. The minimum absolute atomic E-state index is 0.123. The van der Waals surface area contributed by atoms with Crippen molar-refractivity contribution in [3.8, 4) is 5.75 Å². The molecule has 0 aliphatic heterocycles. The number of fused-ring (bicyclic) bond motifs is 3. The van der Waals surface area contributed by atoms with Crippen molar-refractivity contribution in [2.24, 2.45) is 11.8 Å². The molecule has 6 atom stereocenters. The van der Waals surface area contributed by atoms with E-state index in [1.54, 1.807) is 6.07 Å².